The summed E-state index contributed by atoms with van der Waals surface area (Å²) in [6.45, 7) is 2.27. The first-order valence-corrected chi connectivity index (χ1v) is 4.40. The SMILES string of the molecule is Cc1c(Br)cccc1CCO. The highest BCUT2D eigenvalue weighted by molar-refractivity contribution is 9.10. The third-order valence-electron chi connectivity index (χ3n) is 1.76. The van der Waals surface area contributed by atoms with Crippen LogP contribution in [-0.4, -0.2) is 11.7 Å². The summed E-state index contributed by atoms with van der Waals surface area (Å²) in [5, 5.41) is 8.72. The average molecular weight is 215 g/mol. The first-order chi connectivity index (χ1) is 5.25. The number of hydrogen-bond donors (Lipinski definition) is 1. The van der Waals surface area contributed by atoms with Gasteiger partial charge in [0.2, 0.25) is 0 Å². The van der Waals surface area contributed by atoms with Gasteiger partial charge < -0.3 is 5.11 Å². The van der Waals surface area contributed by atoms with Crippen molar-refractivity contribution in [2.45, 2.75) is 13.3 Å². The van der Waals surface area contributed by atoms with Crippen LogP contribution in [0.25, 0.3) is 0 Å². The molecule has 0 radical (unpaired) electrons. The van der Waals surface area contributed by atoms with E-state index in [0.29, 0.717) is 0 Å². The number of benzene rings is 1. The zero-order valence-electron chi connectivity index (χ0n) is 6.47. The Labute approximate surface area is 75.2 Å². The zero-order chi connectivity index (χ0) is 8.27. The van der Waals surface area contributed by atoms with Gasteiger partial charge in [-0.2, -0.15) is 0 Å². The van der Waals surface area contributed by atoms with Crippen molar-refractivity contribution in [1.29, 1.82) is 0 Å². The minimum atomic E-state index is 0.220. The molecule has 0 aliphatic rings. The molecule has 0 heterocycles. The molecule has 0 saturated carbocycles. The molecule has 0 unspecified atom stereocenters. The number of halogens is 1. The van der Waals surface area contributed by atoms with Crippen LogP contribution in [0, 0.1) is 6.92 Å². The maximum absolute atomic E-state index is 8.72. The molecule has 1 aromatic carbocycles. The zero-order valence-corrected chi connectivity index (χ0v) is 8.06. The van der Waals surface area contributed by atoms with Crippen LogP contribution in [0.4, 0.5) is 0 Å². The van der Waals surface area contributed by atoms with E-state index in [4.69, 9.17) is 5.11 Å². The fourth-order valence-corrected chi connectivity index (χ4v) is 1.45. The molecule has 1 aromatic rings. The Morgan fingerprint density at radius 3 is 2.82 bits per heavy atom. The Hall–Kier alpha value is -0.340. The Kier molecular flexibility index (Phi) is 3.09. The molecular weight excluding hydrogens is 204 g/mol. The van der Waals surface area contributed by atoms with E-state index in [1.54, 1.807) is 0 Å². The highest BCUT2D eigenvalue weighted by Crippen LogP contribution is 2.19. The lowest BCUT2D eigenvalue weighted by atomic mass is 10.1. The summed E-state index contributed by atoms with van der Waals surface area (Å²) in [4.78, 5) is 0. The summed E-state index contributed by atoms with van der Waals surface area (Å²) in [6, 6.07) is 6.04. The summed E-state index contributed by atoms with van der Waals surface area (Å²) < 4.78 is 1.11. The molecule has 0 aliphatic heterocycles. The smallest absolute Gasteiger partial charge is 0.0471 e. The lowest BCUT2D eigenvalue weighted by Crippen LogP contribution is -1.93. The number of aliphatic hydroxyl groups excluding tert-OH is 1. The summed E-state index contributed by atoms with van der Waals surface area (Å²) in [5.74, 6) is 0. The van der Waals surface area contributed by atoms with Crippen LogP contribution in [0.5, 0.6) is 0 Å². The molecule has 1 nitrogen and oxygen atoms in total. The topological polar surface area (TPSA) is 20.2 Å². The molecule has 0 bridgehead atoms. The van der Waals surface area contributed by atoms with E-state index in [1.807, 2.05) is 18.2 Å². The molecule has 0 aromatic heterocycles. The van der Waals surface area contributed by atoms with E-state index in [2.05, 4.69) is 22.9 Å². The first kappa shape index (κ1) is 8.75. The van der Waals surface area contributed by atoms with Gasteiger partial charge in [-0.05, 0) is 30.5 Å². The molecule has 2 heteroatoms. The van der Waals surface area contributed by atoms with E-state index in [1.165, 1.54) is 11.1 Å². The second-order valence-electron chi connectivity index (χ2n) is 2.50. The van der Waals surface area contributed by atoms with Gasteiger partial charge in [-0.15, -0.1) is 0 Å². The van der Waals surface area contributed by atoms with Gasteiger partial charge in [0.25, 0.3) is 0 Å². The molecule has 1 rings (SSSR count). The molecule has 0 saturated heterocycles. The van der Waals surface area contributed by atoms with Gasteiger partial charge in [-0.25, -0.2) is 0 Å². The number of hydrogen-bond acceptors (Lipinski definition) is 1. The molecule has 11 heavy (non-hydrogen) atoms. The quantitative estimate of drug-likeness (QED) is 0.802. The fourth-order valence-electron chi connectivity index (χ4n) is 1.04. The Balaban J connectivity index is 2.96. The Morgan fingerprint density at radius 2 is 2.18 bits per heavy atom. The summed E-state index contributed by atoms with van der Waals surface area (Å²) in [5.41, 5.74) is 2.43. The van der Waals surface area contributed by atoms with Crippen molar-refractivity contribution in [2.75, 3.05) is 6.61 Å². The second-order valence-corrected chi connectivity index (χ2v) is 3.35. The molecule has 60 valence electrons. The highest BCUT2D eigenvalue weighted by atomic mass is 79.9. The van der Waals surface area contributed by atoms with Crippen LogP contribution < -0.4 is 0 Å². The fraction of sp³-hybridized carbons (Fsp3) is 0.333. The van der Waals surface area contributed by atoms with Crippen molar-refractivity contribution in [3.05, 3.63) is 33.8 Å². The minimum Gasteiger partial charge on any atom is -0.396 e. The van der Waals surface area contributed by atoms with E-state index in [9.17, 15) is 0 Å². The van der Waals surface area contributed by atoms with Crippen LogP contribution in [0.1, 0.15) is 11.1 Å². The second kappa shape index (κ2) is 3.88. The summed E-state index contributed by atoms with van der Waals surface area (Å²) >= 11 is 3.43. The predicted octanol–water partition coefficient (Wildman–Crippen LogP) is 2.29. The largest absolute Gasteiger partial charge is 0.396 e. The molecule has 0 atom stereocenters. The van der Waals surface area contributed by atoms with E-state index < -0.39 is 0 Å². The van der Waals surface area contributed by atoms with Gasteiger partial charge >= 0.3 is 0 Å². The van der Waals surface area contributed by atoms with Crippen LogP contribution >= 0.6 is 15.9 Å². The number of rotatable bonds is 2. The van der Waals surface area contributed by atoms with Gasteiger partial charge in [0.05, 0.1) is 0 Å². The molecular formula is C9H11BrO. The van der Waals surface area contributed by atoms with E-state index >= 15 is 0 Å². The third-order valence-corrected chi connectivity index (χ3v) is 2.62. The molecule has 0 fully saturated rings. The van der Waals surface area contributed by atoms with Gasteiger partial charge in [0.15, 0.2) is 0 Å². The van der Waals surface area contributed by atoms with Crippen molar-refractivity contribution in [2.24, 2.45) is 0 Å². The lowest BCUT2D eigenvalue weighted by molar-refractivity contribution is 0.299. The molecule has 1 N–H and O–H groups in total. The molecule has 0 amide bonds. The highest BCUT2D eigenvalue weighted by Gasteiger charge is 1.99. The minimum absolute atomic E-state index is 0.220. The monoisotopic (exact) mass is 214 g/mol. The van der Waals surface area contributed by atoms with Crippen molar-refractivity contribution in [3.8, 4) is 0 Å². The van der Waals surface area contributed by atoms with E-state index in [-0.39, 0.29) is 6.61 Å². The lowest BCUT2D eigenvalue weighted by Gasteiger charge is -2.04. The Bertz CT molecular complexity index is 245. The van der Waals surface area contributed by atoms with Crippen LogP contribution in [0.3, 0.4) is 0 Å². The third kappa shape index (κ3) is 2.04. The van der Waals surface area contributed by atoms with Crippen LogP contribution in [-0.2, 0) is 6.42 Å². The average Bonchev–Trinajstić information content (AvgIpc) is 1.99. The van der Waals surface area contributed by atoms with Gasteiger partial charge in [-0.1, -0.05) is 28.1 Å². The summed E-state index contributed by atoms with van der Waals surface area (Å²) in [7, 11) is 0. The standard InChI is InChI=1S/C9H11BrO/c1-7-8(5-6-11)3-2-4-9(7)10/h2-4,11H,5-6H2,1H3. The number of aliphatic hydroxyl groups is 1. The predicted molar refractivity (Wildman–Crippen MR) is 49.7 cm³/mol. The summed E-state index contributed by atoms with van der Waals surface area (Å²) in [6.07, 6.45) is 0.741. The van der Waals surface area contributed by atoms with Crippen molar-refractivity contribution in [1.82, 2.24) is 0 Å². The van der Waals surface area contributed by atoms with Gasteiger partial charge in [0, 0.05) is 11.1 Å². The molecule has 0 aliphatic carbocycles. The first-order valence-electron chi connectivity index (χ1n) is 3.60. The Morgan fingerprint density at radius 1 is 1.45 bits per heavy atom. The van der Waals surface area contributed by atoms with Gasteiger partial charge in [-0.3, -0.25) is 0 Å². The van der Waals surface area contributed by atoms with Crippen LogP contribution in [0.15, 0.2) is 22.7 Å². The maximum Gasteiger partial charge on any atom is 0.0471 e. The normalized spacial score (nSPS) is 10.1. The van der Waals surface area contributed by atoms with E-state index in [0.717, 1.165) is 10.9 Å². The maximum atomic E-state index is 8.72. The van der Waals surface area contributed by atoms with Crippen molar-refractivity contribution in [3.63, 3.8) is 0 Å². The van der Waals surface area contributed by atoms with Crippen LogP contribution in [0.2, 0.25) is 0 Å². The van der Waals surface area contributed by atoms with Gasteiger partial charge in [0.1, 0.15) is 0 Å². The van der Waals surface area contributed by atoms with Crippen molar-refractivity contribution >= 4 is 15.9 Å². The molecule has 0 spiro atoms. The van der Waals surface area contributed by atoms with Crippen molar-refractivity contribution < 1.29 is 5.11 Å².